The van der Waals surface area contributed by atoms with Crippen molar-refractivity contribution in [3.05, 3.63) is 66.0 Å². The molecule has 1 aromatic heterocycles. The van der Waals surface area contributed by atoms with Crippen LogP contribution in [0.25, 0.3) is 6.08 Å². The zero-order valence-corrected chi connectivity index (χ0v) is 14.4. The van der Waals surface area contributed by atoms with E-state index in [9.17, 15) is 4.79 Å². The summed E-state index contributed by atoms with van der Waals surface area (Å²) < 4.78 is 5.73. The molecule has 2 heterocycles. The molecule has 1 atom stereocenters. The molecule has 0 spiro atoms. The molecular formula is C20H23N3O2. The number of aromatic nitrogens is 1. The number of pyridine rings is 1. The van der Waals surface area contributed by atoms with Gasteiger partial charge >= 0.3 is 0 Å². The third-order valence-electron chi connectivity index (χ3n) is 4.11. The van der Waals surface area contributed by atoms with Crippen LogP contribution in [0.2, 0.25) is 0 Å². The number of piperazine rings is 1. The molecular weight excluding hydrogens is 314 g/mol. The molecule has 1 saturated heterocycles. The molecule has 3 rings (SSSR count). The largest absolute Gasteiger partial charge is 0.489 e. The Kier molecular flexibility index (Phi) is 5.80. The summed E-state index contributed by atoms with van der Waals surface area (Å²) in [4.78, 5) is 18.2. The van der Waals surface area contributed by atoms with Crippen molar-refractivity contribution >= 4 is 12.0 Å². The minimum absolute atomic E-state index is 0.0604. The Morgan fingerprint density at radius 1 is 1.36 bits per heavy atom. The number of nitrogens with one attached hydrogen (secondary N) is 1. The molecule has 1 aliphatic rings. The molecule has 1 fully saturated rings. The molecule has 0 aliphatic carbocycles. The van der Waals surface area contributed by atoms with Crippen LogP contribution in [0.15, 0.2) is 54.9 Å². The molecule has 0 saturated carbocycles. The smallest absolute Gasteiger partial charge is 0.246 e. The van der Waals surface area contributed by atoms with Crippen molar-refractivity contribution in [2.75, 3.05) is 19.6 Å². The van der Waals surface area contributed by atoms with Crippen LogP contribution in [-0.2, 0) is 11.4 Å². The van der Waals surface area contributed by atoms with Crippen molar-refractivity contribution in [3.63, 3.8) is 0 Å². The van der Waals surface area contributed by atoms with Gasteiger partial charge in [0.2, 0.25) is 5.91 Å². The van der Waals surface area contributed by atoms with Gasteiger partial charge in [0.05, 0.1) is 0 Å². The molecule has 0 radical (unpaired) electrons. The minimum Gasteiger partial charge on any atom is -0.489 e. The maximum Gasteiger partial charge on any atom is 0.246 e. The molecule has 1 aliphatic heterocycles. The molecule has 25 heavy (non-hydrogen) atoms. The Bertz CT molecular complexity index is 713. The van der Waals surface area contributed by atoms with Crippen LogP contribution >= 0.6 is 0 Å². The van der Waals surface area contributed by atoms with E-state index in [1.165, 1.54) is 0 Å². The van der Waals surface area contributed by atoms with Crippen molar-refractivity contribution < 1.29 is 9.53 Å². The Labute approximate surface area is 148 Å². The van der Waals surface area contributed by atoms with E-state index in [1.54, 1.807) is 18.5 Å². The number of carbonyl (C=O) groups is 1. The van der Waals surface area contributed by atoms with Gasteiger partial charge in [0, 0.05) is 49.7 Å². The lowest BCUT2D eigenvalue weighted by molar-refractivity contribution is -0.127. The van der Waals surface area contributed by atoms with Gasteiger partial charge in [-0.1, -0.05) is 18.2 Å². The molecule has 1 unspecified atom stereocenters. The fourth-order valence-electron chi connectivity index (χ4n) is 2.73. The van der Waals surface area contributed by atoms with Crippen LogP contribution < -0.4 is 10.1 Å². The van der Waals surface area contributed by atoms with Crippen molar-refractivity contribution in [2.45, 2.75) is 19.6 Å². The van der Waals surface area contributed by atoms with Crippen LogP contribution in [0.4, 0.5) is 0 Å². The normalized spacial score (nSPS) is 17.6. The molecule has 1 N–H and O–H groups in total. The standard InChI is InChI=1S/C20H23N3O2/c1-16-14-23(12-11-22-16)20(24)9-6-17-4-7-19(8-5-17)25-15-18-3-2-10-21-13-18/h2-10,13,16,22H,11-12,14-15H2,1H3. The number of benzene rings is 1. The first-order valence-electron chi connectivity index (χ1n) is 8.53. The predicted molar refractivity (Wildman–Crippen MR) is 98.1 cm³/mol. The van der Waals surface area contributed by atoms with Crippen LogP contribution in [0.3, 0.4) is 0 Å². The highest BCUT2D eigenvalue weighted by Crippen LogP contribution is 2.15. The van der Waals surface area contributed by atoms with Crippen LogP contribution in [0.1, 0.15) is 18.1 Å². The average Bonchev–Trinajstić information content (AvgIpc) is 2.66. The molecule has 130 valence electrons. The zero-order chi connectivity index (χ0) is 17.5. The van der Waals surface area contributed by atoms with Gasteiger partial charge in [0.25, 0.3) is 0 Å². The summed E-state index contributed by atoms with van der Waals surface area (Å²) in [7, 11) is 0. The Morgan fingerprint density at radius 2 is 2.20 bits per heavy atom. The van der Waals surface area contributed by atoms with Crippen molar-refractivity contribution in [2.24, 2.45) is 0 Å². The van der Waals surface area contributed by atoms with Gasteiger partial charge in [0.15, 0.2) is 0 Å². The first-order chi connectivity index (χ1) is 12.2. The van der Waals surface area contributed by atoms with Gasteiger partial charge in [-0.05, 0) is 36.8 Å². The molecule has 0 bridgehead atoms. The van der Waals surface area contributed by atoms with E-state index >= 15 is 0 Å². The van der Waals surface area contributed by atoms with Crippen LogP contribution in [-0.4, -0.2) is 41.5 Å². The van der Waals surface area contributed by atoms with Crippen molar-refractivity contribution in [3.8, 4) is 5.75 Å². The first-order valence-corrected chi connectivity index (χ1v) is 8.53. The Balaban J connectivity index is 1.52. The highest BCUT2D eigenvalue weighted by atomic mass is 16.5. The lowest BCUT2D eigenvalue weighted by atomic mass is 10.2. The summed E-state index contributed by atoms with van der Waals surface area (Å²) in [6.07, 6.45) is 7.02. The summed E-state index contributed by atoms with van der Waals surface area (Å²) in [5.41, 5.74) is 2.01. The lowest BCUT2D eigenvalue weighted by Crippen LogP contribution is -2.50. The molecule has 1 amide bonds. The zero-order valence-electron chi connectivity index (χ0n) is 14.4. The van der Waals surface area contributed by atoms with E-state index in [0.29, 0.717) is 12.6 Å². The summed E-state index contributed by atoms with van der Waals surface area (Å²) >= 11 is 0. The van der Waals surface area contributed by atoms with Crippen molar-refractivity contribution in [1.82, 2.24) is 15.2 Å². The highest BCUT2D eigenvalue weighted by molar-refractivity contribution is 5.91. The molecule has 1 aromatic carbocycles. The number of carbonyl (C=O) groups excluding carboxylic acids is 1. The van der Waals surface area contributed by atoms with E-state index in [4.69, 9.17) is 4.74 Å². The summed E-state index contributed by atoms with van der Waals surface area (Å²) in [6, 6.07) is 11.9. The van der Waals surface area contributed by atoms with E-state index in [0.717, 1.165) is 36.5 Å². The maximum atomic E-state index is 12.2. The van der Waals surface area contributed by atoms with Gasteiger partial charge in [-0.15, -0.1) is 0 Å². The van der Waals surface area contributed by atoms with Crippen LogP contribution in [0.5, 0.6) is 5.75 Å². The number of rotatable bonds is 5. The summed E-state index contributed by atoms with van der Waals surface area (Å²) in [5.74, 6) is 0.855. The second kappa shape index (κ2) is 8.44. The highest BCUT2D eigenvalue weighted by Gasteiger charge is 2.18. The topological polar surface area (TPSA) is 54.5 Å². The monoisotopic (exact) mass is 337 g/mol. The van der Waals surface area contributed by atoms with E-state index < -0.39 is 0 Å². The van der Waals surface area contributed by atoms with E-state index in [2.05, 4.69) is 17.2 Å². The summed E-state index contributed by atoms with van der Waals surface area (Å²) in [5, 5.41) is 3.33. The average molecular weight is 337 g/mol. The quantitative estimate of drug-likeness (QED) is 0.852. The third-order valence-corrected chi connectivity index (χ3v) is 4.11. The second-order valence-electron chi connectivity index (χ2n) is 6.19. The Hall–Kier alpha value is -2.66. The number of nitrogens with zero attached hydrogens (tertiary/aromatic N) is 2. The van der Waals surface area contributed by atoms with Gasteiger partial charge in [-0.25, -0.2) is 0 Å². The number of hydrogen-bond donors (Lipinski definition) is 1. The third kappa shape index (κ3) is 5.16. The fourth-order valence-corrected chi connectivity index (χ4v) is 2.73. The summed E-state index contributed by atoms with van der Waals surface area (Å²) in [6.45, 7) is 4.94. The molecule has 2 aromatic rings. The molecule has 5 nitrogen and oxygen atoms in total. The Morgan fingerprint density at radius 3 is 2.92 bits per heavy atom. The second-order valence-corrected chi connectivity index (χ2v) is 6.19. The predicted octanol–water partition coefficient (Wildman–Crippen LogP) is 2.49. The lowest BCUT2D eigenvalue weighted by Gasteiger charge is -2.31. The van der Waals surface area contributed by atoms with Gasteiger partial charge in [-0.3, -0.25) is 9.78 Å². The van der Waals surface area contributed by atoms with Gasteiger partial charge in [0.1, 0.15) is 12.4 Å². The minimum atomic E-state index is 0.0604. The van der Waals surface area contributed by atoms with E-state index in [-0.39, 0.29) is 5.91 Å². The fraction of sp³-hybridized carbons (Fsp3) is 0.300. The number of hydrogen-bond acceptors (Lipinski definition) is 4. The van der Waals surface area contributed by atoms with Crippen molar-refractivity contribution in [1.29, 1.82) is 0 Å². The van der Waals surface area contributed by atoms with Gasteiger partial charge in [-0.2, -0.15) is 0 Å². The first kappa shape index (κ1) is 17.2. The van der Waals surface area contributed by atoms with E-state index in [1.807, 2.05) is 47.4 Å². The van der Waals surface area contributed by atoms with Gasteiger partial charge < -0.3 is 15.0 Å². The molecule has 5 heteroatoms. The number of amides is 1. The maximum absolute atomic E-state index is 12.2. The SMILES string of the molecule is CC1CN(C(=O)C=Cc2ccc(OCc3cccnc3)cc2)CCN1. The van der Waals surface area contributed by atoms with Crippen LogP contribution in [0, 0.1) is 0 Å². The number of ether oxygens (including phenoxy) is 1.